The van der Waals surface area contributed by atoms with E-state index in [1.807, 2.05) is 31.2 Å². The van der Waals surface area contributed by atoms with Crippen molar-refractivity contribution >= 4 is 44.6 Å². The molecular weight excluding hydrogens is 527 g/mol. The van der Waals surface area contributed by atoms with Gasteiger partial charge in [0.05, 0.1) is 25.7 Å². The predicted octanol–water partition coefficient (Wildman–Crippen LogP) is 7.11. The second-order valence-electron chi connectivity index (χ2n) is 8.88. The third-order valence-electron chi connectivity index (χ3n) is 5.63. The summed E-state index contributed by atoms with van der Waals surface area (Å²) in [4.78, 5) is 0.251. The summed E-state index contributed by atoms with van der Waals surface area (Å²) in [7, 11) is -3.33. The molecule has 0 unspecified atom stereocenters. The van der Waals surface area contributed by atoms with Gasteiger partial charge in [-0.3, -0.25) is 0 Å². The first-order valence-electron chi connectivity index (χ1n) is 10.7. The fraction of sp³-hybridized carbons (Fsp3) is 0.192. The number of sulfone groups is 1. The summed E-state index contributed by atoms with van der Waals surface area (Å²) in [5, 5.41) is 16.4. The molecule has 0 radical (unpaired) electrons. The number of hydrogen-bond donors (Lipinski definition) is 1. The number of rotatable bonds is 5. The number of nitrogens with zero attached hydrogens (tertiary/aromatic N) is 2. The molecule has 0 atom stereocenters. The number of halogens is 3. The van der Waals surface area contributed by atoms with Crippen LogP contribution in [-0.4, -0.2) is 29.6 Å². The van der Waals surface area contributed by atoms with E-state index in [0.29, 0.717) is 21.4 Å². The van der Waals surface area contributed by atoms with E-state index >= 15 is 0 Å². The summed E-state index contributed by atoms with van der Waals surface area (Å²) in [5.41, 5.74) is 3.20. The molecule has 0 fully saturated rings. The third-order valence-corrected chi connectivity index (χ3v) is 7.71. The highest BCUT2D eigenvalue weighted by molar-refractivity contribution is 7.90. The second kappa shape index (κ2) is 9.26. The van der Waals surface area contributed by atoms with Crippen LogP contribution in [0.15, 0.2) is 65.6 Å². The van der Waals surface area contributed by atoms with Crippen molar-refractivity contribution in [3.63, 3.8) is 0 Å². The minimum Gasteiger partial charge on any atom is -0.384 e. The number of aliphatic hydroxyl groups is 1. The van der Waals surface area contributed by atoms with Crippen LogP contribution < -0.4 is 0 Å². The molecule has 9 heteroatoms. The van der Waals surface area contributed by atoms with Crippen LogP contribution in [0.25, 0.3) is 28.1 Å². The van der Waals surface area contributed by atoms with Gasteiger partial charge >= 0.3 is 0 Å². The lowest BCUT2D eigenvalue weighted by molar-refractivity contribution is 0.0735. The first-order chi connectivity index (χ1) is 16.3. The van der Waals surface area contributed by atoms with Crippen LogP contribution in [0.5, 0.6) is 0 Å². The molecule has 0 aliphatic heterocycles. The molecule has 35 heavy (non-hydrogen) atoms. The van der Waals surface area contributed by atoms with E-state index in [-0.39, 0.29) is 15.6 Å². The van der Waals surface area contributed by atoms with Crippen LogP contribution in [-0.2, 0) is 15.4 Å². The van der Waals surface area contributed by atoms with E-state index in [1.165, 1.54) is 6.26 Å². The Bertz CT molecular complexity index is 1530. The van der Waals surface area contributed by atoms with E-state index in [0.717, 1.165) is 22.3 Å². The lowest BCUT2D eigenvalue weighted by Crippen LogP contribution is -2.17. The molecule has 0 spiro atoms. The Labute approximate surface area is 219 Å². The van der Waals surface area contributed by atoms with Crippen LogP contribution >= 0.6 is 34.8 Å². The van der Waals surface area contributed by atoms with Crippen molar-refractivity contribution in [2.45, 2.75) is 31.3 Å². The molecule has 1 N–H and O–H groups in total. The molecule has 3 aromatic carbocycles. The maximum Gasteiger partial charge on any atom is 0.175 e. The highest BCUT2D eigenvalue weighted by atomic mass is 35.5. The number of hydrogen-bond acceptors (Lipinski definition) is 4. The molecule has 0 saturated carbocycles. The van der Waals surface area contributed by atoms with E-state index in [4.69, 9.17) is 34.8 Å². The summed E-state index contributed by atoms with van der Waals surface area (Å²) < 4.78 is 25.6. The minimum absolute atomic E-state index is 0.251. The third kappa shape index (κ3) is 4.99. The number of aryl methyl sites for hydroxylation is 1. The van der Waals surface area contributed by atoms with Crippen LogP contribution in [0.3, 0.4) is 0 Å². The van der Waals surface area contributed by atoms with Gasteiger partial charge in [-0.25, -0.2) is 13.1 Å². The van der Waals surface area contributed by atoms with Gasteiger partial charge in [-0.05, 0) is 61.7 Å². The molecule has 0 saturated heterocycles. The van der Waals surface area contributed by atoms with Gasteiger partial charge in [-0.2, -0.15) is 5.10 Å². The molecule has 4 aromatic rings. The lowest BCUT2D eigenvalue weighted by Gasteiger charge is -2.14. The van der Waals surface area contributed by atoms with E-state index in [2.05, 4.69) is 5.10 Å². The van der Waals surface area contributed by atoms with E-state index < -0.39 is 15.4 Å². The normalized spacial score (nSPS) is 12.2. The van der Waals surface area contributed by atoms with Gasteiger partial charge in [0.2, 0.25) is 0 Å². The van der Waals surface area contributed by atoms with E-state index in [9.17, 15) is 13.5 Å². The van der Waals surface area contributed by atoms with Gasteiger partial charge in [0.25, 0.3) is 0 Å². The Kier molecular flexibility index (Phi) is 6.81. The second-order valence-corrected chi connectivity index (χ2v) is 12.1. The standard InChI is InChI=1S/C26H23Cl3N2O3S/c1-15-13-17(16-7-5-8-18(14-16)35(4,33)34)11-12-19(15)23-22(29)25(26(2,3)32)30-31(23)24-20(27)9-6-10-21(24)28/h5-14,32H,1-4H3. The monoisotopic (exact) mass is 548 g/mol. The summed E-state index contributed by atoms with van der Waals surface area (Å²) in [6.07, 6.45) is 1.18. The fourth-order valence-corrected chi connectivity index (χ4v) is 5.57. The molecule has 1 heterocycles. The van der Waals surface area contributed by atoms with Crippen molar-refractivity contribution in [3.05, 3.63) is 87.0 Å². The molecule has 4 rings (SSSR count). The molecule has 0 bridgehead atoms. The molecule has 0 amide bonds. The maximum atomic E-state index is 12.0. The highest BCUT2D eigenvalue weighted by Gasteiger charge is 2.30. The van der Waals surface area contributed by atoms with Crippen molar-refractivity contribution in [2.75, 3.05) is 6.26 Å². The zero-order valence-corrected chi connectivity index (χ0v) is 22.6. The summed E-state index contributed by atoms with van der Waals surface area (Å²) >= 11 is 19.8. The molecule has 0 aliphatic carbocycles. The van der Waals surface area contributed by atoms with Gasteiger partial charge in [-0.15, -0.1) is 0 Å². The van der Waals surface area contributed by atoms with Crippen molar-refractivity contribution < 1.29 is 13.5 Å². The lowest BCUT2D eigenvalue weighted by atomic mass is 9.97. The van der Waals surface area contributed by atoms with Crippen LogP contribution in [0.1, 0.15) is 25.1 Å². The zero-order chi connectivity index (χ0) is 25.7. The van der Waals surface area contributed by atoms with E-state index in [1.54, 1.807) is 54.9 Å². The topological polar surface area (TPSA) is 72.2 Å². The predicted molar refractivity (Wildman–Crippen MR) is 143 cm³/mol. The van der Waals surface area contributed by atoms with Crippen LogP contribution in [0, 0.1) is 6.92 Å². The molecule has 5 nitrogen and oxygen atoms in total. The van der Waals surface area contributed by atoms with Crippen molar-refractivity contribution in [1.82, 2.24) is 9.78 Å². The minimum atomic E-state index is -3.33. The molecular formula is C26H23Cl3N2O3S. The first kappa shape index (κ1) is 25.7. The molecule has 182 valence electrons. The SMILES string of the molecule is Cc1cc(-c2cccc(S(C)(=O)=O)c2)ccc1-c1c(Cl)c(C(C)(C)O)nn1-c1c(Cl)cccc1Cl. The quantitative estimate of drug-likeness (QED) is 0.288. The molecule has 0 aliphatic rings. The maximum absolute atomic E-state index is 12.0. The van der Waals surface area contributed by atoms with Crippen molar-refractivity contribution in [1.29, 1.82) is 0 Å². The zero-order valence-electron chi connectivity index (χ0n) is 19.5. The van der Waals surface area contributed by atoms with Crippen LogP contribution in [0.2, 0.25) is 15.1 Å². The van der Waals surface area contributed by atoms with Crippen LogP contribution in [0.4, 0.5) is 0 Å². The number of aromatic nitrogens is 2. The Hall–Kier alpha value is -2.35. The number of para-hydroxylation sites is 1. The van der Waals surface area contributed by atoms with Gasteiger partial charge in [0, 0.05) is 11.8 Å². The van der Waals surface area contributed by atoms with Crippen molar-refractivity contribution in [2.24, 2.45) is 0 Å². The van der Waals surface area contributed by atoms with Gasteiger partial charge in [-0.1, -0.05) is 71.2 Å². The first-order valence-corrected chi connectivity index (χ1v) is 13.7. The van der Waals surface area contributed by atoms with Gasteiger partial charge in [0.1, 0.15) is 17.0 Å². The van der Waals surface area contributed by atoms with Gasteiger partial charge in [0.15, 0.2) is 9.84 Å². The Morgan fingerprint density at radius 2 is 1.51 bits per heavy atom. The van der Waals surface area contributed by atoms with Crippen molar-refractivity contribution in [3.8, 4) is 28.1 Å². The smallest absolute Gasteiger partial charge is 0.175 e. The average molecular weight is 550 g/mol. The Morgan fingerprint density at radius 3 is 2.09 bits per heavy atom. The summed E-state index contributed by atoms with van der Waals surface area (Å²) in [6.45, 7) is 5.13. The Morgan fingerprint density at radius 1 is 0.914 bits per heavy atom. The Balaban J connectivity index is 1.94. The fourth-order valence-electron chi connectivity index (χ4n) is 3.89. The highest BCUT2D eigenvalue weighted by Crippen LogP contribution is 2.42. The summed E-state index contributed by atoms with van der Waals surface area (Å²) in [6, 6.07) is 17.7. The molecule has 1 aromatic heterocycles. The number of benzene rings is 3. The van der Waals surface area contributed by atoms with Gasteiger partial charge < -0.3 is 5.11 Å². The average Bonchev–Trinajstić information content (AvgIpc) is 3.10. The summed E-state index contributed by atoms with van der Waals surface area (Å²) in [5.74, 6) is 0. The largest absolute Gasteiger partial charge is 0.384 e.